The molecule has 0 aromatic heterocycles. The first kappa shape index (κ1) is 20.9. The quantitative estimate of drug-likeness (QED) is 0.333. The molecule has 146 valence electrons. The van der Waals surface area contributed by atoms with E-state index in [0.29, 0.717) is 6.17 Å². The number of benzene rings is 1. The van der Waals surface area contributed by atoms with E-state index < -0.39 is 0 Å². The Kier molecular flexibility index (Phi) is 10.3. The van der Waals surface area contributed by atoms with Crippen molar-refractivity contribution in [3.63, 3.8) is 0 Å². The number of nitrogens with zero attached hydrogens (tertiary/aromatic N) is 2. The molecule has 0 saturated carbocycles. The molecule has 0 radical (unpaired) electrons. The van der Waals surface area contributed by atoms with Crippen LogP contribution in [-0.2, 0) is 6.54 Å². The molecule has 2 nitrogen and oxygen atoms in total. The summed E-state index contributed by atoms with van der Waals surface area (Å²) in [6, 6.07) is 10.9. The van der Waals surface area contributed by atoms with Crippen LogP contribution in [0.25, 0.3) is 0 Å². The summed E-state index contributed by atoms with van der Waals surface area (Å²) >= 11 is 0. The minimum Gasteiger partial charge on any atom is -0.356 e. The molecule has 1 aliphatic heterocycles. The van der Waals surface area contributed by atoms with Crippen molar-refractivity contribution in [2.24, 2.45) is 0 Å². The van der Waals surface area contributed by atoms with Gasteiger partial charge in [-0.25, -0.2) is 0 Å². The highest BCUT2D eigenvalue weighted by Gasteiger charge is 2.25. The molecule has 0 saturated heterocycles. The summed E-state index contributed by atoms with van der Waals surface area (Å²) in [5.74, 6) is 0. The summed E-state index contributed by atoms with van der Waals surface area (Å²) in [7, 11) is 0. The predicted octanol–water partition coefficient (Wildman–Crippen LogP) is 6.93. The number of rotatable bonds is 14. The standard InChI is InChI=1S/C24H40N2/c1-3-5-7-8-9-10-11-15-19-25-20-21-26(24(25)18-6-4-2)22-23-16-13-12-14-17-23/h12-14,16-17,20-21,24H,3-11,15,18-19,22H2,1-2H3. The summed E-state index contributed by atoms with van der Waals surface area (Å²) in [6.07, 6.45) is 20.2. The summed E-state index contributed by atoms with van der Waals surface area (Å²) in [5.41, 5.74) is 1.41. The van der Waals surface area contributed by atoms with Crippen molar-refractivity contribution in [3.8, 4) is 0 Å². The van der Waals surface area contributed by atoms with Gasteiger partial charge in [0.15, 0.2) is 0 Å². The Labute approximate surface area is 162 Å². The molecular weight excluding hydrogens is 316 g/mol. The van der Waals surface area contributed by atoms with Gasteiger partial charge >= 0.3 is 0 Å². The van der Waals surface area contributed by atoms with Gasteiger partial charge in [0.1, 0.15) is 6.17 Å². The Bertz CT molecular complexity index is 482. The fraction of sp³-hybridized carbons (Fsp3) is 0.667. The van der Waals surface area contributed by atoms with E-state index in [0.717, 1.165) is 6.54 Å². The van der Waals surface area contributed by atoms with E-state index in [1.165, 1.54) is 82.7 Å². The molecule has 26 heavy (non-hydrogen) atoms. The summed E-state index contributed by atoms with van der Waals surface area (Å²) in [6.45, 7) is 6.83. The Morgan fingerprint density at radius 2 is 1.31 bits per heavy atom. The van der Waals surface area contributed by atoms with Gasteiger partial charge in [0.05, 0.1) is 0 Å². The molecule has 0 aliphatic carbocycles. The van der Waals surface area contributed by atoms with Crippen LogP contribution in [0.1, 0.15) is 90.0 Å². The van der Waals surface area contributed by atoms with Crippen LogP contribution in [0.4, 0.5) is 0 Å². The lowest BCUT2D eigenvalue weighted by molar-refractivity contribution is 0.133. The molecule has 0 spiro atoms. The van der Waals surface area contributed by atoms with Crippen molar-refractivity contribution in [1.82, 2.24) is 9.80 Å². The van der Waals surface area contributed by atoms with Gasteiger partial charge in [-0.3, -0.25) is 0 Å². The maximum atomic E-state index is 2.59. The molecule has 1 unspecified atom stereocenters. The summed E-state index contributed by atoms with van der Waals surface area (Å²) in [4.78, 5) is 5.13. The van der Waals surface area contributed by atoms with E-state index in [1.807, 2.05) is 0 Å². The van der Waals surface area contributed by atoms with Gasteiger partial charge in [0.2, 0.25) is 0 Å². The van der Waals surface area contributed by atoms with Crippen molar-refractivity contribution in [1.29, 1.82) is 0 Å². The van der Waals surface area contributed by atoms with Crippen LogP contribution in [0.3, 0.4) is 0 Å². The van der Waals surface area contributed by atoms with E-state index in [2.05, 4.69) is 66.4 Å². The largest absolute Gasteiger partial charge is 0.356 e. The van der Waals surface area contributed by atoms with E-state index in [-0.39, 0.29) is 0 Å². The molecule has 1 aromatic carbocycles. The number of hydrogen-bond donors (Lipinski definition) is 0. The topological polar surface area (TPSA) is 6.48 Å². The van der Waals surface area contributed by atoms with Crippen LogP contribution in [0.15, 0.2) is 42.7 Å². The van der Waals surface area contributed by atoms with E-state index in [4.69, 9.17) is 0 Å². The zero-order chi connectivity index (χ0) is 18.5. The Morgan fingerprint density at radius 3 is 2.00 bits per heavy atom. The highest BCUT2D eigenvalue weighted by Crippen LogP contribution is 2.24. The average molecular weight is 357 g/mol. The van der Waals surface area contributed by atoms with Crippen LogP contribution < -0.4 is 0 Å². The molecule has 2 rings (SSSR count). The van der Waals surface area contributed by atoms with Crippen LogP contribution in [0.2, 0.25) is 0 Å². The van der Waals surface area contributed by atoms with E-state index in [9.17, 15) is 0 Å². The van der Waals surface area contributed by atoms with Crippen molar-refractivity contribution in [2.45, 2.75) is 97.2 Å². The predicted molar refractivity (Wildman–Crippen MR) is 114 cm³/mol. The van der Waals surface area contributed by atoms with Gasteiger partial charge in [-0.2, -0.15) is 0 Å². The van der Waals surface area contributed by atoms with E-state index >= 15 is 0 Å². The summed E-state index contributed by atoms with van der Waals surface area (Å²) in [5, 5.41) is 0. The van der Waals surface area contributed by atoms with Crippen molar-refractivity contribution in [2.75, 3.05) is 6.54 Å². The molecule has 0 bridgehead atoms. The second-order valence-electron chi connectivity index (χ2n) is 7.79. The first-order valence-corrected chi connectivity index (χ1v) is 11.1. The Morgan fingerprint density at radius 1 is 0.692 bits per heavy atom. The summed E-state index contributed by atoms with van der Waals surface area (Å²) < 4.78 is 0. The molecular formula is C24H40N2. The van der Waals surface area contributed by atoms with Gasteiger partial charge in [-0.05, 0) is 24.8 Å². The molecule has 0 amide bonds. The average Bonchev–Trinajstić information content (AvgIpc) is 3.04. The smallest absolute Gasteiger partial charge is 0.101 e. The minimum atomic E-state index is 0.555. The second kappa shape index (κ2) is 12.8. The van der Waals surface area contributed by atoms with Crippen molar-refractivity contribution >= 4 is 0 Å². The molecule has 1 aliphatic rings. The van der Waals surface area contributed by atoms with E-state index in [1.54, 1.807) is 0 Å². The maximum absolute atomic E-state index is 2.59. The van der Waals surface area contributed by atoms with Crippen molar-refractivity contribution in [3.05, 3.63) is 48.3 Å². The lowest BCUT2D eigenvalue weighted by atomic mass is 10.1. The zero-order valence-electron chi connectivity index (χ0n) is 17.2. The van der Waals surface area contributed by atoms with Gasteiger partial charge in [0.25, 0.3) is 0 Å². The van der Waals surface area contributed by atoms with Gasteiger partial charge in [-0.1, -0.05) is 95.5 Å². The van der Waals surface area contributed by atoms with Crippen LogP contribution in [0.5, 0.6) is 0 Å². The molecule has 1 atom stereocenters. The monoisotopic (exact) mass is 356 g/mol. The fourth-order valence-electron chi connectivity index (χ4n) is 3.88. The third kappa shape index (κ3) is 7.43. The third-order valence-corrected chi connectivity index (χ3v) is 5.51. The normalized spacial score (nSPS) is 16.6. The Hall–Kier alpha value is -1.44. The lowest BCUT2D eigenvalue weighted by Gasteiger charge is -2.33. The van der Waals surface area contributed by atoms with Gasteiger partial charge in [0, 0.05) is 25.5 Å². The first-order valence-electron chi connectivity index (χ1n) is 11.1. The SMILES string of the molecule is CCCCCCCCCCN1C=CN(Cc2ccccc2)C1CCCC. The molecule has 0 fully saturated rings. The first-order chi connectivity index (χ1) is 12.8. The molecule has 0 N–H and O–H groups in total. The highest BCUT2D eigenvalue weighted by atomic mass is 15.4. The second-order valence-corrected chi connectivity index (χ2v) is 7.79. The van der Waals surface area contributed by atoms with Gasteiger partial charge < -0.3 is 9.80 Å². The molecule has 1 aromatic rings. The third-order valence-electron chi connectivity index (χ3n) is 5.51. The van der Waals surface area contributed by atoms with Crippen LogP contribution in [0, 0.1) is 0 Å². The zero-order valence-corrected chi connectivity index (χ0v) is 17.2. The number of unbranched alkanes of at least 4 members (excludes halogenated alkanes) is 8. The van der Waals surface area contributed by atoms with Gasteiger partial charge in [-0.15, -0.1) is 0 Å². The molecule has 2 heteroatoms. The Balaban J connectivity index is 1.72. The van der Waals surface area contributed by atoms with Crippen molar-refractivity contribution < 1.29 is 0 Å². The fourth-order valence-corrected chi connectivity index (χ4v) is 3.88. The lowest BCUT2D eigenvalue weighted by Crippen LogP contribution is -2.38. The number of hydrogen-bond acceptors (Lipinski definition) is 2. The minimum absolute atomic E-state index is 0.555. The van der Waals surface area contributed by atoms with Crippen LogP contribution in [-0.4, -0.2) is 22.5 Å². The maximum Gasteiger partial charge on any atom is 0.101 e. The molecule has 1 heterocycles. The van der Waals surface area contributed by atoms with Crippen LogP contribution >= 0.6 is 0 Å². The highest BCUT2D eigenvalue weighted by molar-refractivity contribution is 5.15.